The van der Waals surface area contributed by atoms with Gasteiger partial charge in [0, 0.05) is 11.3 Å². The van der Waals surface area contributed by atoms with Crippen molar-refractivity contribution in [2.24, 2.45) is 0 Å². The lowest BCUT2D eigenvalue weighted by Gasteiger charge is -2.18. The Labute approximate surface area is 112 Å². The van der Waals surface area contributed by atoms with Crippen molar-refractivity contribution in [3.05, 3.63) is 58.9 Å². The van der Waals surface area contributed by atoms with Crippen LogP contribution in [-0.4, -0.2) is 5.11 Å². The first-order valence-corrected chi connectivity index (χ1v) is 6.29. The minimum absolute atomic E-state index is 0.0511. The molecule has 0 saturated carbocycles. The topological polar surface area (TPSA) is 32.3 Å². The number of hydrogen-bond acceptors (Lipinski definition) is 2. The Morgan fingerprint density at radius 1 is 1.11 bits per heavy atom. The highest BCUT2D eigenvalue weighted by Gasteiger charge is 2.11. The van der Waals surface area contributed by atoms with Crippen LogP contribution >= 0.6 is 0 Å². The molecule has 0 aliphatic carbocycles. The zero-order valence-electron chi connectivity index (χ0n) is 11.4. The van der Waals surface area contributed by atoms with Crippen molar-refractivity contribution < 1.29 is 9.50 Å². The quantitative estimate of drug-likeness (QED) is 0.860. The molecule has 0 radical (unpaired) electrons. The Hall–Kier alpha value is -2.03. The molecule has 2 N–H and O–H groups in total. The van der Waals surface area contributed by atoms with E-state index >= 15 is 0 Å². The predicted molar refractivity (Wildman–Crippen MR) is 76.0 cm³/mol. The average Bonchev–Trinajstić information content (AvgIpc) is 2.36. The smallest absolute Gasteiger partial charge is 0.126 e. The molecule has 0 aromatic heterocycles. The number of aryl methyl sites for hydroxylation is 2. The van der Waals surface area contributed by atoms with E-state index in [-0.39, 0.29) is 17.6 Å². The maximum absolute atomic E-state index is 13.2. The summed E-state index contributed by atoms with van der Waals surface area (Å²) in [6.07, 6.45) is 0. The van der Waals surface area contributed by atoms with Crippen molar-refractivity contribution in [1.29, 1.82) is 0 Å². The van der Waals surface area contributed by atoms with Crippen molar-refractivity contribution >= 4 is 5.69 Å². The van der Waals surface area contributed by atoms with Crippen molar-refractivity contribution in [3.63, 3.8) is 0 Å². The third-order valence-electron chi connectivity index (χ3n) is 3.19. The van der Waals surface area contributed by atoms with Gasteiger partial charge in [-0.25, -0.2) is 4.39 Å². The van der Waals surface area contributed by atoms with Crippen LogP contribution in [-0.2, 0) is 0 Å². The van der Waals surface area contributed by atoms with Gasteiger partial charge in [0.15, 0.2) is 0 Å². The number of phenolic OH excluding ortho intramolecular Hbond substituents is 1. The van der Waals surface area contributed by atoms with Crippen LogP contribution in [0.2, 0.25) is 0 Å². The SMILES string of the molecule is Cc1ccc(O)c(C(C)Nc2ccc(F)c(C)c2)c1. The van der Waals surface area contributed by atoms with Gasteiger partial charge >= 0.3 is 0 Å². The first kappa shape index (κ1) is 13.4. The molecule has 100 valence electrons. The number of hydrogen-bond donors (Lipinski definition) is 2. The predicted octanol–water partition coefficient (Wildman–Crippen LogP) is 4.32. The van der Waals surface area contributed by atoms with E-state index in [2.05, 4.69) is 5.32 Å². The van der Waals surface area contributed by atoms with E-state index in [9.17, 15) is 9.50 Å². The number of phenols is 1. The summed E-state index contributed by atoms with van der Waals surface area (Å²) in [5.74, 6) is 0.0565. The maximum atomic E-state index is 13.2. The Kier molecular flexibility index (Phi) is 3.74. The Balaban J connectivity index is 2.22. The number of nitrogens with one attached hydrogen (secondary N) is 1. The summed E-state index contributed by atoms with van der Waals surface area (Å²) in [5.41, 5.74) is 3.37. The van der Waals surface area contributed by atoms with Crippen molar-refractivity contribution in [3.8, 4) is 5.75 Å². The maximum Gasteiger partial charge on any atom is 0.126 e. The lowest BCUT2D eigenvalue weighted by atomic mass is 10.0. The van der Waals surface area contributed by atoms with Crippen LogP contribution in [0.15, 0.2) is 36.4 Å². The highest BCUT2D eigenvalue weighted by atomic mass is 19.1. The van der Waals surface area contributed by atoms with Gasteiger partial charge in [-0.2, -0.15) is 0 Å². The number of anilines is 1. The number of rotatable bonds is 3. The molecule has 0 saturated heterocycles. The van der Waals surface area contributed by atoms with Crippen LogP contribution < -0.4 is 5.32 Å². The van der Waals surface area contributed by atoms with Crippen molar-refractivity contribution in [2.45, 2.75) is 26.8 Å². The molecule has 0 spiro atoms. The second-order valence-electron chi connectivity index (χ2n) is 4.89. The molecule has 0 aliphatic rings. The van der Waals surface area contributed by atoms with Crippen LogP contribution in [0, 0.1) is 19.7 Å². The van der Waals surface area contributed by atoms with Crippen molar-refractivity contribution in [2.75, 3.05) is 5.32 Å². The lowest BCUT2D eigenvalue weighted by Crippen LogP contribution is -2.07. The van der Waals surface area contributed by atoms with E-state index in [1.807, 2.05) is 26.0 Å². The van der Waals surface area contributed by atoms with Gasteiger partial charge in [-0.1, -0.05) is 17.7 Å². The Morgan fingerprint density at radius 3 is 2.53 bits per heavy atom. The second-order valence-corrected chi connectivity index (χ2v) is 4.89. The summed E-state index contributed by atoms with van der Waals surface area (Å²) in [5, 5.41) is 13.1. The minimum atomic E-state index is -0.211. The number of halogens is 1. The summed E-state index contributed by atoms with van der Waals surface area (Å²) in [4.78, 5) is 0. The van der Waals surface area contributed by atoms with E-state index < -0.39 is 0 Å². The molecule has 1 atom stereocenters. The molecule has 2 nitrogen and oxygen atoms in total. The zero-order chi connectivity index (χ0) is 14.0. The largest absolute Gasteiger partial charge is 0.508 e. The van der Waals surface area contributed by atoms with E-state index in [0.29, 0.717) is 5.56 Å². The summed E-state index contributed by atoms with van der Waals surface area (Å²) < 4.78 is 13.2. The molecule has 1 unspecified atom stereocenters. The van der Waals surface area contributed by atoms with E-state index in [0.717, 1.165) is 16.8 Å². The average molecular weight is 259 g/mol. The van der Waals surface area contributed by atoms with Crippen LogP contribution in [0.4, 0.5) is 10.1 Å². The van der Waals surface area contributed by atoms with Crippen LogP contribution in [0.25, 0.3) is 0 Å². The molecular weight excluding hydrogens is 241 g/mol. The van der Waals surface area contributed by atoms with E-state index in [1.54, 1.807) is 25.1 Å². The fraction of sp³-hybridized carbons (Fsp3) is 0.250. The second kappa shape index (κ2) is 5.31. The molecule has 19 heavy (non-hydrogen) atoms. The molecule has 2 rings (SSSR count). The van der Waals surface area contributed by atoms with Gasteiger partial charge in [0.2, 0.25) is 0 Å². The summed E-state index contributed by atoms with van der Waals surface area (Å²) in [7, 11) is 0. The van der Waals surface area contributed by atoms with Gasteiger partial charge in [0.05, 0.1) is 6.04 Å². The fourth-order valence-corrected chi connectivity index (χ4v) is 2.08. The standard InChI is InChI=1S/C16H18FNO/c1-10-4-7-16(19)14(8-10)12(3)18-13-5-6-15(17)11(2)9-13/h4-9,12,18-19H,1-3H3. The third-order valence-corrected chi connectivity index (χ3v) is 3.19. The molecular formula is C16H18FNO. The molecule has 3 heteroatoms. The van der Waals surface area contributed by atoms with Gasteiger partial charge < -0.3 is 10.4 Å². The molecule has 0 amide bonds. The molecule has 0 heterocycles. The van der Waals surface area contributed by atoms with E-state index in [1.165, 1.54) is 6.07 Å². The lowest BCUT2D eigenvalue weighted by molar-refractivity contribution is 0.465. The zero-order valence-corrected chi connectivity index (χ0v) is 11.4. The van der Waals surface area contributed by atoms with Crippen LogP contribution in [0.5, 0.6) is 5.75 Å². The van der Waals surface area contributed by atoms with Crippen molar-refractivity contribution in [1.82, 2.24) is 0 Å². The monoisotopic (exact) mass is 259 g/mol. The van der Waals surface area contributed by atoms with Gasteiger partial charge in [0.25, 0.3) is 0 Å². The number of benzene rings is 2. The van der Waals surface area contributed by atoms with Crippen LogP contribution in [0.1, 0.15) is 29.7 Å². The number of aromatic hydroxyl groups is 1. The van der Waals surface area contributed by atoms with Crippen LogP contribution in [0.3, 0.4) is 0 Å². The summed E-state index contributed by atoms with van der Waals surface area (Å²) >= 11 is 0. The Morgan fingerprint density at radius 2 is 1.84 bits per heavy atom. The molecule has 0 fully saturated rings. The molecule has 0 bridgehead atoms. The van der Waals surface area contributed by atoms with Gasteiger partial charge in [0.1, 0.15) is 11.6 Å². The van der Waals surface area contributed by atoms with E-state index in [4.69, 9.17) is 0 Å². The molecule has 2 aromatic rings. The highest BCUT2D eigenvalue weighted by molar-refractivity contribution is 5.49. The first-order chi connectivity index (χ1) is 8.97. The molecule has 0 aliphatic heterocycles. The van der Waals surface area contributed by atoms with Gasteiger partial charge in [-0.05, 0) is 50.6 Å². The minimum Gasteiger partial charge on any atom is -0.508 e. The normalized spacial score (nSPS) is 12.2. The first-order valence-electron chi connectivity index (χ1n) is 6.29. The highest BCUT2D eigenvalue weighted by Crippen LogP contribution is 2.28. The molecule has 2 aromatic carbocycles. The fourth-order valence-electron chi connectivity index (χ4n) is 2.08. The third kappa shape index (κ3) is 3.05. The summed E-state index contributed by atoms with van der Waals surface area (Å²) in [6.45, 7) is 5.68. The Bertz CT molecular complexity index is 595. The summed E-state index contributed by atoms with van der Waals surface area (Å²) in [6, 6.07) is 10.4. The van der Waals surface area contributed by atoms with Gasteiger partial charge in [-0.15, -0.1) is 0 Å². The van der Waals surface area contributed by atoms with Gasteiger partial charge in [-0.3, -0.25) is 0 Å².